The highest BCUT2D eigenvalue weighted by Gasteiger charge is 2.09. The molecular formula is C25H39N. The SMILES string of the molecule is C=CCC=CC(C)=CC(=C)C(C)=CC(=CC)C(=C)N(CCC)CCCC. The minimum absolute atomic E-state index is 0.889. The van der Waals surface area contributed by atoms with E-state index >= 15 is 0 Å². The van der Waals surface area contributed by atoms with Crippen LogP contribution in [-0.4, -0.2) is 18.0 Å². The van der Waals surface area contributed by atoms with Crippen LogP contribution >= 0.6 is 0 Å². The minimum atomic E-state index is 0.889. The third-order valence-corrected chi connectivity index (χ3v) is 4.26. The molecule has 1 heteroatoms. The minimum Gasteiger partial charge on any atom is -0.372 e. The van der Waals surface area contributed by atoms with Crippen molar-refractivity contribution in [2.45, 2.75) is 60.3 Å². The normalized spacial score (nSPS) is 13.2. The van der Waals surface area contributed by atoms with Gasteiger partial charge >= 0.3 is 0 Å². The van der Waals surface area contributed by atoms with Crippen LogP contribution in [0.1, 0.15) is 60.3 Å². The third-order valence-electron chi connectivity index (χ3n) is 4.26. The smallest absolute Gasteiger partial charge is 0.0363 e. The van der Waals surface area contributed by atoms with Crippen LogP contribution in [0.25, 0.3) is 0 Å². The van der Waals surface area contributed by atoms with E-state index in [0.29, 0.717) is 0 Å². The molecule has 0 fully saturated rings. The molecule has 1 nitrogen and oxygen atoms in total. The highest BCUT2D eigenvalue weighted by molar-refractivity contribution is 5.47. The molecule has 144 valence electrons. The first-order valence-corrected chi connectivity index (χ1v) is 9.84. The summed E-state index contributed by atoms with van der Waals surface area (Å²) >= 11 is 0. The van der Waals surface area contributed by atoms with Crippen LogP contribution in [0.2, 0.25) is 0 Å². The van der Waals surface area contributed by atoms with E-state index in [1.165, 1.54) is 29.6 Å². The second-order valence-electron chi connectivity index (χ2n) is 6.70. The Balaban J connectivity index is 5.25. The molecular weight excluding hydrogens is 314 g/mol. The first-order chi connectivity index (χ1) is 12.4. The monoisotopic (exact) mass is 353 g/mol. The first kappa shape index (κ1) is 24.0. The van der Waals surface area contributed by atoms with Crippen LogP contribution in [0.5, 0.6) is 0 Å². The van der Waals surface area contributed by atoms with Crippen molar-refractivity contribution in [3.8, 4) is 0 Å². The van der Waals surface area contributed by atoms with Gasteiger partial charge in [0.25, 0.3) is 0 Å². The highest BCUT2D eigenvalue weighted by atomic mass is 15.1. The van der Waals surface area contributed by atoms with Crippen molar-refractivity contribution in [2.75, 3.05) is 13.1 Å². The topological polar surface area (TPSA) is 3.24 Å². The van der Waals surface area contributed by atoms with E-state index in [1.54, 1.807) is 0 Å². The van der Waals surface area contributed by atoms with Gasteiger partial charge in [-0.05, 0) is 62.8 Å². The molecule has 0 aliphatic carbocycles. The van der Waals surface area contributed by atoms with E-state index in [9.17, 15) is 0 Å². The summed E-state index contributed by atoms with van der Waals surface area (Å²) in [6.45, 7) is 25.2. The molecule has 0 aromatic heterocycles. The van der Waals surface area contributed by atoms with Crippen LogP contribution in [0.15, 0.2) is 84.2 Å². The van der Waals surface area contributed by atoms with Crippen molar-refractivity contribution in [1.82, 2.24) is 4.90 Å². The van der Waals surface area contributed by atoms with E-state index < -0.39 is 0 Å². The largest absolute Gasteiger partial charge is 0.372 e. The van der Waals surface area contributed by atoms with Gasteiger partial charge in [0.1, 0.15) is 0 Å². The number of nitrogens with zero attached hydrogens (tertiary/aromatic N) is 1. The van der Waals surface area contributed by atoms with Crippen LogP contribution < -0.4 is 0 Å². The fourth-order valence-electron chi connectivity index (χ4n) is 2.63. The van der Waals surface area contributed by atoms with Crippen LogP contribution in [-0.2, 0) is 0 Å². The summed E-state index contributed by atoms with van der Waals surface area (Å²) in [5.41, 5.74) is 5.69. The Hall–Kier alpha value is -2.02. The summed E-state index contributed by atoms with van der Waals surface area (Å²) in [5.74, 6) is 0. The zero-order valence-corrected chi connectivity index (χ0v) is 17.8. The Labute approximate surface area is 162 Å². The predicted molar refractivity (Wildman–Crippen MR) is 120 cm³/mol. The van der Waals surface area contributed by atoms with Crippen molar-refractivity contribution in [3.05, 3.63) is 84.2 Å². The molecule has 0 aliphatic heterocycles. The number of allylic oxidation sites excluding steroid dienone is 9. The maximum absolute atomic E-state index is 4.37. The zero-order chi connectivity index (χ0) is 19.9. The highest BCUT2D eigenvalue weighted by Crippen LogP contribution is 2.21. The van der Waals surface area contributed by atoms with E-state index in [-0.39, 0.29) is 0 Å². The Morgan fingerprint density at radius 1 is 1.00 bits per heavy atom. The molecule has 0 atom stereocenters. The molecule has 26 heavy (non-hydrogen) atoms. The lowest BCUT2D eigenvalue weighted by Gasteiger charge is -2.27. The van der Waals surface area contributed by atoms with Crippen molar-refractivity contribution in [1.29, 1.82) is 0 Å². The van der Waals surface area contributed by atoms with Crippen molar-refractivity contribution >= 4 is 0 Å². The van der Waals surface area contributed by atoms with Gasteiger partial charge in [-0.2, -0.15) is 0 Å². The van der Waals surface area contributed by atoms with Gasteiger partial charge in [-0.3, -0.25) is 0 Å². The van der Waals surface area contributed by atoms with Crippen LogP contribution in [0, 0.1) is 0 Å². The number of hydrogen-bond donors (Lipinski definition) is 0. The van der Waals surface area contributed by atoms with Gasteiger partial charge in [0, 0.05) is 18.8 Å². The molecule has 0 N–H and O–H groups in total. The zero-order valence-electron chi connectivity index (χ0n) is 17.8. The molecule has 0 unspecified atom stereocenters. The first-order valence-electron chi connectivity index (χ1n) is 9.84. The van der Waals surface area contributed by atoms with Crippen molar-refractivity contribution < 1.29 is 0 Å². The Kier molecular flexibility index (Phi) is 13.1. The third kappa shape index (κ3) is 9.46. The summed E-state index contributed by atoms with van der Waals surface area (Å²) in [5, 5.41) is 0. The maximum atomic E-state index is 4.37. The number of hydrogen-bond acceptors (Lipinski definition) is 1. The van der Waals surface area contributed by atoms with Gasteiger partial charge in [0.05, 0.1) is 0 Å². The molecule has 0 heterocycles. The summed E-state index contributed by atoms with van der Waals surface area (Å²) in [6, 6.07) is 0. The van der Waals surface area contributed by atoms with Crippen LogP contribution in [0.3, 0.4) is 0 Å². The lowest BCUT2D eigenvalue weighted by atomic mass is 10.0. The van der Waals surface area contributed by atoms with E-state index in [2.05, 4.69) is 89.6 Å². The quantitative estimate of drug-likeness (QED) is 0.244. The average molecular weight is 354 g/mol. The molecule has 0 aromatic carbocycles. The predicted octanol–water partition coefficient (Wildman–Crippen LogP) is 7.54. The second-order valence-corrected chi connectivity index (χ2v) is 6.70. The van der Waals surface area contributed by atoms with Gasteiger partial charge in [0.2, 0.25) is 0 Å². The lowest BCUT2D eigenvalue weighted by molar-refractivity contribution is 0.346. The number of rotatable bonds is 13. The molecule has 0 rings (SSSR count). The van der Waals surface area contributed by atoms with E-state index in [1.807, 2.05) is 6.08 Å². The summed E-state index contributed by atoms with van der Waals surface area (Å²) in [6.07, 6.45) is 17.0. The Morgan fingerprint density at radius 2 is 1.69 bits per heavy atom. The summed E-state index contributed by atoms with van der Waals surface area (Å²) in [7, 11) is 0. The van der Waals surface area contributed by atoms with Crippen LogP contribution in [0.4, 0.5) is 0 Å². The van der Waals surface area contributed by atoms with Gasteiger partial charge < -0.3 is 4.90 Å². The molecule has 0 amide bonds. The van der Waals surface area contributed by atoms with E-state index in [4.69, 9.17) is 0 Å². The Bertz CT molecular complexity index is 581. The number of unbranched alkanes of at least 4 members (excludes halogenated alkanes) is 1. The summed E-state index contributed by atoms with van der Waals surface area (Å²) in [4.78, 5) is 2.41. The fraction of sp³-hybridized carbons (Fsp3) is 0.440. The standard InChI is InChI=1S/C25H39N/c1-9-13-15-16-21(5)19-22(6)23(7)20-25(12-4)24(8)26(17-11-3)18-14-10-2/h9,12,15-16,19-20H,1,6,8,10-11,13-14,17-18H2,2-5,7H3. The molecule has 0 saturated heterocycles. The molecule has 0 saturated carbocycles. The fourth-order valence-corrected chi connectivity index (χ4v) is 2.63. The lowest BCUT2D eigenvalue weighted by Crippen LogP contribution is -2.25. The summed E-state index contributed by atoms with van der Waals surface area (Å²) < 4.78 is 0. The Morgan fingerprint density at radius 3 is 2.23 bits per heavy atom. The average Bonchev–Trinajstić information content (AvgIpc) is 2.62. The van der Waals surface area contributed by atoms with Crippen molar-refractivity contribution in [3.63, 3.8) is 0 Å². The van der Waals surface area contributed by atoms with Gasteiger partial charge in [-0.15, -0.1) is 6.58 Å². The van der Waals surface area contributed by atoms with Gasteiger partial charge in [-0.25, -0.2) is 0 Å². The van der Waals surface area contributed by atoms with Gasteiger partial charge in [-0.1, -0.05) is 69.4 Å². The van der Waals surface area contributed by atoms with Gasteiger partial charge in [0.15, 0.2) is 0 Å². The molecule has 0 aliphatic rings. The second kappa shape index (κ2) is 14.2. The van der Waals surface area contributed by atoms with Crippen molar-refractivity contribution in [2.24, 2.45) is 0 Å². The molecule has 0 bridgehead atoms. The molecule has 0 radical (unpaired) electrons. The molecule has 0 aromatic rings. The molecule has 0 spiro atoms. The van der Waals surface area contributed by atoms with E-state index in [0.717, 1.165) is 37.2 Å². The maximum Gasteiger partial charge on any atom is 0.0363 e.